The fourth-order valence-electron chi connectivity index (χ4n) is 9.11. The van der Waals surface area contributed by atoms with E-state index in [1.165, 1.54) is 104 Å². The monoisotopic (exact) mass is 725 g/mol. The molecule has 0 spiro atoms. The lowest BCUT2D eigenvalue weighted by Gasteiger charge is -2.29. The summed E-state index contributed by atoms with van der Waals surface area (Å²) >= 11 is 0. The predicted molar refractivity (Wildman–Crippen MR) is 246 cm³/mol. The highest BCUT2D eigenvalue weighted by Crippen LogP contribution is 2.48. The van der Waals surface area contributed by atoms with Gasteiger partial charge in [0.25, 0.3) is 0 Å². The van der Waals surface area contributed by atoms with E-state index in [1.807, 2.05) is 0 Å². The van der Waals surface area contributed by atoms with E-state index in [1.54, 1.807) is 0 Å². The van der Waals surface area contributed by atoms with Crippen molar-refractivity contribution in [2.45, 2.75) is 13.8 Å². The molecular formula is C56H39N. The zero-order chi connectivity index (χ0) is 38.0. The van der Waals surface area contributed by atoms with Crippen molar-refractivity contribution in [1.82, 2.24) is 0 Å². The Balaban J connectivity index is 1.00. The molecule has 1 nitrogen and oxygen atoms in total. The molecule has 0 aliphatic heterocycles. The van der Waals surface area contributed by atoms with Gasteiger partial charge in [-0.2, -0.15) is 0 Å². The van der Waals surface area contributed by atoms with Crippen molar-refractivity contribution in [2.75, 3.05) is 4.90 Å². The molecule has 0 heterocycles. The van der Waals surface area contributed by atoms with Gasteiger partial charge in [-0.1, -0.05) is 187 Å². The Bertz CT molecular complexity index is 3150. The molecule has 0 saturated heterocycles. The molecule has 11 aromatic rings. The summed E-state index contributed by atoms with van der Waals surface area (Å²) in [6.45, 7) is 4.30. The minimum atomic E-state index is 1.14. The van der Waals surface area contributed by atoms with Crippen molar-refractivity contribution < 1.29 is 0 Å². The molecular weight excluding hydrogens is 687 g/mol. The van der Waals surface area contributed by atoms with E-state index in [9.17, 15) is 0 Å². The normalized spacial score (nSPS) is 11.7. The number of hydrogen-bond acceptors (Lipinski definition) is 1. The van der Waals surface area contributed by atoms with E-state index in [2.05, 4.69) is 219 Å². The summed E-state index contributed by atoms with van der Waals surface area (Å²) in [5, 5.41) is 12.8. The summed E-state index contributed by atoms with van der Waals surface area (Å²) in [7, 11) is 0. The maximum absolute atomic E-state index is 2.43. The molecule has 11 rings (SSSR count). The maximum Gasteiger partial charge on any atom is 0.0618 e. The number of aryl methyl sites for hydroxylation is 2. The van der Waals surface area contributed by atoms with Crippen molar-refractivity contribution in [3.05, 3.63) is 211 Å². The second kappa shape index (κ2) is 13.2. The molecule has 0 aliphatic carbocycles. The Hall–Kier alpha value is -7.22. The topological polar surface area (TPSA) is 3.24 Å². The molecule has 0 N–H and O–H groups in total. The van der Waals surface area contributed by atoms with Gasteiger partial charge in [0.05, 0.1) is 5.69 Å². The van der Waals surface area contributed by atoms with Gasteiger partial charge >= 0.3 is 0 Å². The highest BCUT2D eigenvalue weighted by Gasteiger charge is 2.22. The number of anilines is 3. The fraction of sp³-hybridized carbons (Fsp3) is 0.0357. The third-order valence-electron chi connectivity index (χ3n) is 11.9. The average molecular weight is 726 g/mol. The Kier molecular flexibility index (Phi) is 7.69. The molecule has 268 valence electrons. The zero-order valence-electron chi connectivity index (χ0n) is 32.0. The first-order valence-corrected chi connectivity index (χ1v) is 19.8. The van der Waals surface area contributed by atoms with Gasteiger partial charge in [0.1, 0.15) is 0 Å². The van der Waals surface area contributed by atoms with Crippen LogP contribution >= 0.6 is 0 Å². The number of fused-ring (bicyclic) bond motifs is 2. The standard InChI is InChI=1S/C56H39N/c1-36-14-30-45(31-15-36)57(46-32-16-37(2)17-33-46)56-51-12-5-3-10-48(51)54(49-11-4-6-13-52(49)56)43-24-20-39(21-25-43)38-18-22-40(23-19-38)47-34-28-44-27-26-41-8-7-9-42-29-35-50(47)55(44)53(41)42/h3-35H,1-2H3. The molecule has 0 amide bonds. The summed E-state index contributed by atoms with van der Waals surface area (Å²) in [5.41, 5.74) is 13.4. The number of nitrogens with zero attached hydrogens (tertiary/aromatic N) is 1. The first-order chi connectivity index (χ1) is 28.1. The molecule has 0 fully saturated rings. The van der Waals surface area contributed by atoms with E-state index < -0.39 is 0 Å². The summed E-state index contributed by atoms with van der Waals surface area (Å²) in [4.78, 5) is 2.43. The van der Waals surface area contributed by atoms with Crippen molar-refractivity contribution >= 4 is 70.9 Å². The molecule has 0 aliphatic rings. The van der Waals surface area contributed by atoms with Crippen LogP contribution in [-0.2, 0) is 0 Å². The quantitative estimate of drug-likeness (QED) is 0.122. The summed E-state index contributed by atoms with van der Waals surface area (Å²) in [6.07, 6.45) is 0. The Morgan fingerprint density at radius 3 is 1.28 bits per heavy atom. The van der Waals surface area contributed by atoms with Crippen molar-refractivity contribution in [3.8, 4) is 33.4 Å². The van der Waals surface area contributed by atoms with Gasteiger partial charge in [-0.3, -0.25) is 0 Å². The van der Waals surface area contributed by atoms with Crippen LogP contribution in [0, 0.1) is 13.8 Å². The van der Waals surface area contributed by atoms with Crippen LogP contribution in [0.5, 0.6) is 0 Å². The van der Waals surface area contributed by atoms with Gasteiger partial charge in [0, 0.05) is 22.1 Å². The van der Waals surface area contributed by atoms with Crippen LogP contribution in [0.15, 0.2) is 200 Å². The minimum Gasteiger partial charge on any atom is -0.309 e. The smallest absolute Gasteiger partial charge is 0.0618 e. The lowest BCUT2D eigenvalue weighted by atomic mass is 9.88. The molecule has 0 radical (unpaired) electrons. The molecule has 0 saturated carbocycles. The summed E-state index contributed by atoms with van der Waals surface area (Å²) in [5.74, 6) is 0. The lowest BCUT2D eigenvalue weighted by Crippen LogP contribution is -2.11. The summed E-state index contributed by atoms with van der Waals surface area (Å²) < 4.78 is 0. The first-order valence-electron chi connectivity index (χ1n) is 19.8. The zero-order valence-corrected chi connectivity index (χ0v) is 32.0. The van der Waals surface area contributed by atoms with Crippen LogP contribution in [-0.4, -0.2) is 0 Å². The third-order valence-corrected chi connectivity index (χ3v) is 11.9. The largest absolute Gasteiger partial charge is 0.309 e. The Morgan fingerprint density at radius 2 is 0.737 bits per heavy atom. The van der Waals surface area contributed by atoms with E-state index in [0.717, 1.165) is 11.4 Å². The van der Waals surface area contributed by atoms with Gasteiger partial charge < -0.3 is 4.90 Å². The molecule has 0 bridgehead atoms. The van der Waals surface area contributed by atoms with E-state index in [-0.39, 0.29) is 0 Å². The highest BCUT2D eigenvalue weighted by atomic mass is 15.1. The fourth-order valence-corrected chi connectivity index (χ4v) is 9.11. The van der Waals surface area contributed by atoms with Gasteiger partial charge in [0.2, 0.25) is 0 Å². The first kappa shape index (κ1) is 33.1. The molecule has 11 aromatic carbocycles. The molecule has 0 unspecified atom stereocenters. The van der Waals surface area contributed by atoms with Gasteiger partial charge in [-0.25, -0.2) is 0 Å². The van der Waals surface area contributed by atoms with Gasteiger partial charge in [-0.05, 0) is 115 Å². The summed E-state index contributed by atoms with van der Waals surface area (Å²) in [6, 6.07) is 74.1. The van der Waals surface area contributed by atoms with Crippen LogP contribution in [0.25, 0.3) is 87.2 Å². The Labute approximate surface area is 333 Å². The number of hydrogen-bond donors (Lipinski definition) is 0. The highest BCUT2D eigenvalue weighted by molar-refractivity contribution is 6.26. The number of rotatable bonds is 6. The molecule has 0 aromatic heterocycles. The third kappa shape index (κ3) is 5.46. The average Bonchev–Trinajstić information content (AvgIpc) is 3.27. The van der Waals surface area contributed by atoms with Gasteiger partial charge in [-0.15, -0.1) is 0 Å². The van der Waals surface area contributed by atoms with Crippen LogP contribution in [0.2, 0.25) is 0 Å². The van der Waals surface area contributed by atoms with Crippen LogP contribution < -0.4 is 4.90 Å². The SMILES string of the molecule is Cc1ccc(N(c2ccc(C)cc2)c2c3ccccc3c(-c3ccc(-c4ccc(-c5ccc6ccc7cccc8ccc5c6c78)cc4)cc3)c3ccccc23)cc1. The van der Waals surface area contributed by atoms with Gasteiger partial charge in [0.15, 0.2) is 0 Å². The molecule has 0 atom stereocenters. The molecule has 1 heteroatoms. The van der Waals surface area contributed by atoms with Crippen molar-refractivity contribution in [1.29, 1.82) is 0 Å². The van der Waals surface area contributed by atoms with Crippen molar-refractivity contribution in [3.63, 3.8) is 0 Å². The Morgan fingerprint density at radius 1 is 0.298 bits per heavy atom. The predicted octanol–water partition coefficient (Wildman–Crippen LogP) is 16.0. The van der Waals surface area contributed by atoms with Crippen LogP contribution in [0.1, 0.15) is 11.1 Å². The number of benzene rings is 11. The maximum atomic E-state index is 2.43. The van der Waals surface area contributed by atoms with Crippen LogP contribution in [0.3, 0.4) is 0 Å². The minimum absolute atomic E-state index is 1.14. The lowest BCUT2D eigenvalue weighted by molar-refractivity contribution is 1.29. The van der Waals surface area contributed by atoms with Crippen LogP contribution in [0.4, 0.5) is 17.1 Å². The van der Waals surface area contributed by atoms with E-state index >= 15 is 0 Å². The second-order valence-electron chi connectivity index (χ2n) is 15.4. The second-order valence-corrected chi connectivity index (χ2v) is 15.4. The van der Waals surface area contributed by atoms with Crippen molar-refractivity contribution in [2.24, 2.45) is 0 Å². The molecule has 57 heavy (non-hydrogen) atoms. The van der Waals surface area contributed by atoms with E-state index in [0.29, 0.717) is 0 Å². The van der Waals surface area contributed by atoms with E-state index in [4.69, 9.17) is 0 Å².